The molecule has 94 valence electrons. The molecule has 0 amide bonds. The summed E-state index contributed by atoms with van der Waals surface area (Å²) in [6, 6.07) is 6.51. The van der Waals surface area contributed by atoms with Gasteiger partial charge < -0.3 is 0 Å². The SMILES string of the molecule is C=CC(=C)C/C(C)=C/C=C/c1ccc(C)cc1C. The molecule has 0 unspecified atom stereocenters. The molecule has 0 aliphatic rings. The average molecular weight is 238 g/mol. The second-order valence-corrected chi connectivity index (χ2v) is 4.77. The first-order valence-corrected chi connectivity index (χ1v) is 6.24. The van der Waals surface area contributed by atoms with E-state index in [9.17, 15) is 0 Å². The van der Waals surface area contributed by atoms with Gasteiger partial charge in [0, 0.05) is 0 Å². The highest BCUT2D eigenvalue weighted by atomic mass is 14.0. The van der Waals surface area contributed by atoms with Crippen LogP contribution in [-0.2, 0) is 0 Å². The van der Waals surface area contributed by atoms with E-state index in [4.69, 9.17) is 0 Å². The van der Waals surface area contributed by atoms with Crippen LogP contribution < -0.4 is 0 Å². The summed E-state index contributed by atoms with van der Waals surface area (Å²) >= 11 is 0. The quantitative estimate of drug-likeness (QED) is 0.603. The third-order valence-electron chi connectivity index (χ3n) is 2.88. The van der Waals surface area contributed by atoms with Gasteiger partial charge in [0.15, 0.2) is 0 Å². The normalized spacial score (nSPS) is 11.8. The maximum Gasteiger partial charge on any atom is -0.00728 e. The molecule has 0 nitrogen and oxygen atoms in total. The van der Waals surface area contributed by atoms with Gasteiger partial charge in [-0.3, -0.25) is 0 Å². The number of allylic oxidation sites excluding steroid dienone is 5. The van der Waals surface area contributed by atoms with Crippen LogP contribution >= 0.6 is 0 Å². The zero-order chi connectivity index (χ0) is 13.5. The first kappa shape index (κ1) is 14.2. The lowest BCUT2D eigenvalue weighted by molar-refractivity contribution is 1.16. The Morgan fingerprint density at radius 1 is 1.28 bits per heavy atom. The van der Waals surface area contributed by atoms with Gasteiger partial charge in [0.05, 0.1) is 0 Å². The Bertz CT molecular complexity index is 499. The minimum Gasteiger partial charge on any atom is -0.0988 e. The van der Waals surface area contributed by atoms with Gasteiger partial charge in [-0.25, -0.2) is 0 Å². The van der Waals surface area contributed by atoms with E-state index < -0.39 is 0 Å². The fourth-order valence-electron chi connectivity index (χ4n) is 1.82. The van der Waals surface area contributed by atoms with Gasteiger partial charge in [0.2, 0.25) is 0 Å². The van der Waals surface area contributed by atoms with Crippen molar-refractivity contribution in [3.63, 3.8) is 0 Å². The highest BCUT2D eigenvalue weighted by molar-refractivity contribution is 5.55. The predicted octanol–water partition coefficient (Wildman–Crippen LogP) is 5.40. The number of rotatable bonds is 5. The lowest BCUT2D eigenvalue weighted by Crippen LogP contribution is -1.82. The Hall–Kier alpha value is -1.82. The number of aryl methyl sites for hydroxylation is 2. The van der Waals surface area contributed by atoms with Gasteiger partial charge in [-0.2, -0.15) is 0 Å². The van der Waals surface area contributed by atoms with Gasteiger partial charge in [-0.05, 0) is 38.3 Å². The molecule has 0 fully saturated rings. The molecule has 0 bridgehead atoms. The van der Waals surface area contributed by atoms with Crippen molar-refractivity contribution in [2.24, 2.45) is 0 Å². The molecule has 0 saturated carbocycles. The summed E-state index contributed by atoms with van der Waals surface area (Å²) in [6.45, 7) is 14.0. The van der Waals surface area contributed by atoms with Crippen molar-refractivity contribution in [1.29, 1.82) is 0 Å². The van der Waals surface area contributed by atoms with E-state index in [1.54, 1.807) is 0 Å². The Kier molecular flexibility index (Phi) is 5.38. The van der Waals surface area contributed by atoms with Crippen LogP contribution in [-0.4, -0.2) is 0 Å². The van der Waals surface area contributed by atoms with Gasteiger partial charge in [-0.1, -0.05) is 72.4 Å². The summed E-state index contributed by atoms with van der Waals surface area (Å²) in [5.74, 6) is 0. The summed E-state index contributed by atoms with van der Waals surface area (Å²) < 4.78 is 0. The number of benzene rings is 1. The van der Waals surface area contributed by atoms with Gasteiger partial charge in [-0.15, -0.1) is 0 Å². The van der Waals surface area contributed by atoms with Crippen LogP contribution in [0.2, 0.25) is 0 Å². The van der Waals surface area contributed by atoms with Crippen molar-refractivity contribution in [3.05, 3.63) is 77.4 Å². The van der Waals surface area contributed by atoms with Gasteiger partial charge in [0.25, 0.3) is 0 Å². The van der Waals surface area contributed by atoms with Crippen molar-refractivity contribution in [2.75, 3.05) is 0 Å². The predicted molar refractivity (Wildman–Crippen MR) is 82.7 cm³/mol. The molecule has 1 aromatic carbocycles. The van der Waals surface area contributed by atoms with Crippen molar-refractivity contribution < 1.29 is 0 Å². The molecule has 0 aromatic heterocycles. The monoisotopic (exact) mass is 238 g/mol. The maximum atomic E-state index is 3.92. The fraction of sp³-hybridized carbons (Fsp3) is 0.222. The van der Waals surface area contributed by atoms with E-state index in [0.717, 1.165) is 12.0 Å². The zero-order valence-electron chi connectivity index (χ0n) is 11.7. The van der Waals surface area contributed by atoms with Crippen LogP contribution in [0.4, 0.5) is 0 Å². The highest BCUT2D eigenvalue weighted by Gasteiger charge is 1.93. The minimum absolute atomic E-state index is 0.890. The van der Waals surface area contributed by atoms with E-state index in [1.165, 1.54) is 22.3 Å². The van der Waals surface area contributed by atoms with Crippen LogP contribution in [0.1, 0.15) is 30.0 Å². The molecule has 0 saturated heterocycles. The second kappa shape index (κ2) is 6.80. The molecule has 0 atom stereocenters. The molecule has 0 aliphatic carbocycles. The molecule has 0 aliphatic heterocycles. The van der Waals surface area contributed by atoms with Crippen LogP contribution in [0.5, 0.6) is 0 Å². The zero-order valence-corrected chi connectivity index (χ0v) is 11.7. The first-order valence-electron chi connectivity index (χ1n) is 6.24. The molecule has 1 aromatic rings. The second-order valence-electron chi connectivity index (χ2n) is 4.77. The summed E-state index contributed by atoms with van der Waals surface area (Å²) in [5.41, 5.74) is 6.24. The minimum atomic E-state index is 0.890. The summed E-state index contributed by atoms with van der Waals surface area (Å²) in [5, 5.41) is 0. The van der Waals surface area contributed by atoms with Crippen molar-refractivity contribution >= 4 is 6.08 Å². The van der Waals surface area contributed by atoms with Crippen LogP contribution in [0.15, 0.2) is 60.7 Å². The topological polar surface area (TPSA) is 0 Å². The molecule has 0 spiro atoms. The van der Waals surface area contributed by atoms with Gasteiger partial charge >= 0.3 is 0 Å². The molecular weight excluding hydrogens is 216 g/mol. The number of hydrogen-bond acceptors (Lipinski definition) is 0. The van der Waals surface area contributed by atoms with E-state index in [1.807, 2.05) is 6.08 Å². The third-order valence-corrected chi connectivity index (χ3v) is 2.88. The van der Waals surface area contributed by atoms with Crippen molar-refractivity contribution in [3.8, 4) is 0 Å². The molecule has 0 heterocycles. The molecule has 1 rings (SSSR count). The molecule has 18 heavy (non-hydrogen) atoms. The standard InChI is InChI=1S/C18H22/c1-6-14(2)12-15(3)8-7-9-18-11-10-16(4)13-17(18)5/h6-11,13H,1-2,12H2,3-5H3/b9-7+,15-8+. The maximum absolute atomic E-state index is 3.92. The molecule has 0 heteroatoms. The van der Waals surface area contributed by atoms with E-state index in [0.29, 0.717) is 0 Å². The summed E-state index contributed by atoms with van der Waals surface area (Å²) in [4.78, 5) is 0. The van der Waals surface area contributed by atoms with E-state index in [-0.39, 0.29) is 0 Å². The Morgan fingerprint density at radius 3 is 2.61 bits per heavy atom. The fourth-order valence-corrected chi connectivity index (χ4v) is 1.82. The third kappa shape index (κ3) is 4.58. The average Bonchev–Trinajstić information content (AvgIpc) is 2.31. The lowest BCUT2D eigenvalue weighted by atomic mass is 10.0. The van der Waals surface area contributed by atoms with Crippen LogP contribution in [0.3, 0.4) is 0 Å². The molecule has 0 N–H and O–H groups in total. The van der Waals surface area contributed by atoms with Crippen molar-refractivity contribution in [2.45, 2.75) is 27.2 Å². The molecular formula is C18H22. The largest absolute Gasteiger partial charge is 0.0988 e. The lowest BCUT2D eigenvalue weighted by Gasteiger charge is -2.01. The van der Waals surface area contributed by atoms with Gasteiger partial charge in [0.1, 0.15) is 0 Å². The number of hydrogen-bond donors (Lipinski definition) is 0. The van der Waals surface area contributed by atoms with E-state index in [2.05, 4.69) is 70.4 Å². The Labute approximate surface area is 111 Å². The summed E-state index contributed by atoms with van der Waals surface area (Å²) in [6.07, 6.45) is 9.08. The highest BCUT2D eigenvalue weighted by Crippen LogP contribution is 2.13. The van der Waals surface area contributed by atoms with E-state index >= 15 is 0 Å². The first-order chi connectivity index (χ1) is 8.52. The van der Waals surface area contributed by atoms with Crippen molar-refractivity contribution in [1.82, 2.24) is 0 Å². The van der Waals surface area contributed by atoms with Crippen LogP contribution in [0.25, 0.3) is 6.08 Å². The Morgan fingerprint density at radius 2 is 2.00 bits per heavy atom. The smallest absolute Gasteiger partial charge is 0.00728 e. The molecule has 0 radical (unpaired) electrons. The van der Waals surface area contributed by atoms with Crippen LogP contribution in [0, 0.1) is 13.8 Å². The summed E-state index contributed by atoms with van der Waals surface area (Å²) in [7, 11) is 0. The Balaban J connectivity index is 2.72.